The van der Waals surface area contributed by atoms with Gasteiger partial charge in [0.05, 0.1) is 18.6 Å². The number of hydrogen-bond donors (Lipinski definition) is 0. The van der Waals surface area contributed by atoms with Crippen molar-refractivity contribution in [3.63, 3.8) is 0 Å². The Kier molecular flexibility index (Phi) is 5.00. The first-order valence-electron chi connectivity index (χ1n) is 4.60. The third-order valence-corrected chi connectivity index (χ3v) is 1.80. The second kappa shape index (κ2) is 6.38. The maximum atomic E-state index is 5.59. The second-order valence-corrected chi connectivity index (χ2v) is 3.20. The Hall–Kier alpha value is -1.09. The fourth-order valence-corrected chi connectivity index (χ4v) is 0.930. The summed E-state index contributed by atoms with van der Waals surface area (Å²) in [5.41, 5.74) is 0.742. The molecule has 0 aliphatic carbocycles. The summed E-state index contributed by atoms with van der Waals surface area (Å²) in [6.45, 7) is 2.87. The molecule has 1 aromatic rings. The van der Waals surface area contributed by atoms with Gasteiger partial charge in [-0.05, 0) is 18.6 Å². The zero-order valence-corrected chi connectivity index (χ0v) is 8.87. The summed E-state index contributed by atoms with van der Waals surface area (Å²) in [7, 11) is 0. The average Bonchev–Trinajstić information content (AvgIpc) is 2.21. The fourth-order valence-electron chi connectivity index (χ4n) is 0.829. The highest BCUT2D eigenvalue weighted by Crippen LogP contribution is 2.03. The lowest BCUT2D eigenvalue weighted by atomic mass is 10.4. The molecule has 0 N–H and O–H groups in total. The molecule has 14 heavy (non-hydrogen) atoms. The maximum absolute atomic E-state index is 5.59. The van der Waals surface area contributed by atoms with Crippen molar-refractivity contribution in [2.75, 3.05) is 6.61 Å². The molecule has 0 saturated heterocycles. The number of halogens is 1. The third-order valence-electron chi connectivity index (χ3n) is 1.60. The van der Waals surface area contributed by atoms with E-state index in [1.807, 2.05) is 0 Å². The molecular weight excluding hydrogens is 200 g/mol. The maximum Gasteiger partial charge on any atom is 0.151 e. The number of rotatable bonds is 5. The summed E-state index contributed by atoms with van der Waals surface area (Å²) in [4.78, 5) is 0. The lowest BCUT2D eigenvalue weighted by Crippen LogP contribution is -1.87. The van der Waals surface area contributed by atoms with Crippen molar-refractivity contribution < 1.29 is 4.74 Å². The molecule has 0 aliphatic rings. The van der Waals surface area contributed by atoms with Gasteiger partial charge in [-0.1, -0.05) is 24.9 Å². The highest BCUT2D eigenvalue weighted by molar-refractivity contribution is 6.29. The minimum absolute atomic E-state index is 0.397. The zero-order chi connectivity index (χ0) is 10.2. The normalized spacial score (nSPS) is 10.7. The number of hydrogen-bond acceptors (Lipinski definition) is 3. The van der Waals surface area contributed by atoms with E-state index >= 15 is 0 Å². The molecular formula is C10H13ClN2O. The molecule has 0 bridgehead atoms. The fraction of sp³-hybridized carbons (Fsp3) is 0.400. The minimum Gasteiger partial charge on any atom is -0.501 e. The molecule has 0 spiro atoms. The van der Waals surface area contributed by atoms with E-state index in [4.69, 9.17) is 16.3 Å². The van der Waals surface area contributed by atoms with Crippen molar-refractivity contribution in [1.29, 1.82) is 0 Å². The van der Waals surface area contributed by atoms with E-state index in [2.05, 4.69) is 17.1 Å². The van der Waals surface area contributed by atoms with Crippen molar-refractivity contribution in [2.45, 2.75) is 19.8 Å². The van der Waals surface area contributed by atoms with Crippen molar-refractivity contribution in [1.82, 2.24) is 10.2 Å². The topological polar surface area (TPSA) is 35.0 Å². The zero-order valence-electron chi connectivity index (χ0n) is 8.11. The summed E-state index contributed by atoms with van der Waals surface area (Å²) >= 11 is 5.59. The van der Waals surface area contributed by atoms with E-state index in [0.29, 0.717) is 5.15 Å². The molecule has 0 aromatic carbocycles. The quantitative estimate of drug-likeness (QED) is 0.556. The second-order valence-electron chi connectivity index (χ2n) is 2.81. The molecule has 1 aromatic heterocycles. The molecule has 76 valence electrons. The molecule has 1 rings (SSSR count). The van der Waals surface area contributed by atoms with Gasteiger partial charge in [0.25, 0.3) is 0 Å². The van der Waals surface area contributed by atoms with Gasteiger partial charge in [-0.3, -0.25) is 0 Å². The Labute approximate surface area is 88.8 Å². The molecule has 0 saturated carbocycles. The number of aromatic nitrogens is 2. The first kappa shape index (κ1) is 11.0. The van der Waals surface area contributed by atoms with E-state index in [-0.39, 0.29) is 0 Å². The summed E-state index contributed by atoms with van der Waals surface area (Å²) in [6.07, 6.45) is 5.60. The van der Waals surface area contributed by atoms with Crippen LogP contribution in [0.25, 0.3) is 6.08 Å². The van der Waals surface area contributed by atoms with Gasteiger partial charge in [0.2, 0.25) is 0 Å². The molecule has 0 atom stereocenters. The van der Waals surface area contributed by atoms with E-state index in [9.17, 15) is 0 Å². The van der Waals surface area contributed by atoms with Crippen molar-refractivity contribution >= 4 is 17.7 Å². The van der Waals surface area contributed by atoms with Crippen LogP contribution >= 0.6 is 11.6 Å². The monoisotopic (exact) mass is 212 g/mol. The van der Waals surface area contributed by atoms with Crippen LogP contribution in [0.1, 0.15) is 25.5 Å². The molecule has 0 radical (unpaired) electrons. The number of ether oxygens (including phenoxy) is 1. The van der Waals surface area contributed by atoms with Gasteiger partial charge >= 0.3 is 0 Å². The Morgan fingerprint density at radius 1 is 1.43 bits per heavy atom. The van der Waals surface area contributed by atoms with Crippen LogP contribution in [0, 0.1) is 0 Å². The predicted octanol–water partition coefficient (Wildman–Crippen LogP) is 2.92. The molecule has 0 fully saturated rings. The van der Waals surface area contributed by atoms with Crippen LogP contribution in [-0.4, -0.2) is 16.8 Å². The van der Waals surface area contributed by atoms with E-state index in [0.717, 1.165) is 25.1 Å². The highest BCUT2D eigenvalue weighted by Gasteiger charge is 1.90. The van der Waals surface area contributed by atoms with Gasteiger partial charge in [0.1, 0.15) is 0 Å². The van der Waals surface area contributed by atoms with Crippen LogP contribution in [-0.2, 0) is 4.74 Å². The smallest absolute Gasteiger partial charge is 0.151 e. The summed E-state index contributed by atoms with van der Waals surface area (Å²) in [5, 5.41) is 7.95. The van der Waals surface area contributed by atoms with Gasteiger partial charge in [-0.25, -0.2) is 0 Å². The van der Waals surface area contributed by atoms with Crippen LogP contribution in [0.5, 0.6) is 0 Å². The average molecular weight is 213 g/mol. The van der Waals surface area contributed by atoms with Crippen molar-refractivity contribution in [3.8, 4) is 0 Å². The minimum atomic E-state index is 0.397. The largest absolute Gasteiger partial charge is 0.501 e. The third kappa shape index (κ3) is 4.23. The van der Waals surface area contributed by atoms with Crippen LogP contribution in [0.2, 0.25) is 5.15 Å². The molecule has 0 amide bonds. The van der Waals surface area contributed by atoms with Gasteiger partial charge in [-0.15, -0.1) is 10.2 Å². The van der Waals surface area contributed by atoms with Crippen molar-refractivity contribution in [3.05, 3.63) is 29.2 Å². The van der Waals surface area contributed by atoms with E-state index < -0.39 is 0 Å². The summed E-state index contributed by atoms with van der Waals surface area (Å²) in [6, 6.07) is 3.48. The standard InChI is InChI=1S/C10H13ClN2O/c1-2-3-7-14-8-6-9-4-5-10(11)13-12-9/h4-6,8H,2-3,7H2,1H3. The SMILES string of the molecule is CCCCOC=Cc1ccc(Cl)nn1. The van der Waals surface area contributed by atoms with Gasteiger partial charge in [-0.2, -0.15) is 0 Å². The van der Waals surface area contributed by atoms with E-state index in [1.165, 1.54) is 0 Å². The Bertz CT molecular complexity index is 285. The van der Waals surface area contributed by atoms with Crippen LogP contribution in [0.3, 0.4) is 0 Å². The molecule has 0 aliphatic heterocycles. The summed E-state index contributed by atoms with van der Waals surface area (Å²) in [5.74, 6) is 0. The summed E-state index contributed by atoms with van der Waals surface area (Å²) < 4.78 is 5.23. The molecule has 3 nitrogen and oxygen atoms in total. The van der Waals surface area contributed by atoms with Crippen LogP contribution < -0.4 is 0 Å². The Balaban J connectivity index is 2.33. The van der Waals surface area contributed by atoms with E-state index in [1.54, 1.807) is 24.5 Å². The van der Waals surface area contributed by atoms with Crippen molar-refractivity contribution in [2.24, 2.45) is 0 Å². The number of unbranched alkanes of at least 4 members (excludes halogenated alkanes) is 1. The van der Waals surface area contributed by atoms with Gasteiger partial charge in [0, 0.05) is 6.08 Å². The van der Waals surface area contributed by atoms with Gasteiger partial charge in [0.15, 0.2) is 5.15 Å². The van der Waals surface area contributed by atoms with Crippen LogP contribution in [0.4, 0.5) is 0 Å². The predicted molar refractivity (Wildman–Crippen MR) is 56.9 cm³/mol. The molecule has 4 heteroatoms. The molecule has 1 heterocycles. The lowest BCUT2D eigenvalue weighted by Gasteiger charge is -1.97. The first-order valence-corrected chi connectivity index (χ1v) is 4.98. The first-order chi connectivity index (χ1) is 6.83. The van der Waals surface area contributed by atoms with Gasteiger partial charge < -0.3 is 4.74 Å². The molecule has 0 unspecified atom stereocenters. The Morgan fingerprint density at radius 3 is 2.93 bits per heavy atom. The Morgan fingerprint density at radius 2 is 2.29 bits per heavy atom. The lowest BCUT2D eigenvalue weighted by molar-refractivity contribution is 0.246. The highest BCUT2D eigenvalue weighted by atomic mass is 35.5. The van der Waals surface area contributed by atoms with Crippen LogP contribution in [0.15, 0.2) is 18.4 Å². The number of nitrogens with zero attached hydrogens (tertiary/aromatic N) is 2.